The van der Waals surface area contributed by atoms with Gasteiger partial charge in [-0.1, -0.05) is 49.7 Å². The molecule has 1 aliphatic carbocycles. The van der Waals surface area contributed by atoms with Crippen LogP contribution in [0.4, 0.5) is 5.82 Å². The zero-order chi connectivity index (χ0) is 24.2. The Labute approximate surface area is 204 Å². The lowest BCUT2D eigenvalue weighted by atomic mass is 10.1. The highest BCUT2D eigenvalue weighted by molar-refractivity contribution is 6.33. The van der Waals surface area contributed by atoms with Crippen LogP contribution in [0.2, 0.25) is 5.02 Å². The molecule has 0 fully saturated rings. The van der Waals surface area contributed by atoms with E-state index in [9.17, 15) is 4.79 Å². The second-order valence-electron chi connectivity index (χ2n) is 8.12. The van der Waals surface area contributed by atoms with E-state index in [2.05, 4.69) is 17.4 Å². The van der Waals surface area contributed by atoms with Crippen LogP contribution in [0.25, 0.3) is 11.3 Å². The van der Waals surface area contributed by atoms with Crippen molar-refractivity contribution >= 4 is 23.4 Å². The van der Waals surface area contributed by atoms with E-state index < -0.39 is 5.97 Å². The molecule has 0 radical (unpaired) electrons. The van der Waals surface area contributed by atoms with Gasteiger partial charge in [0.1, 0.15) is 17.7 Å². The van der Waals surface area contributed by atoms with Crippen molar-refractivity contribution in [3.05, 3.63) is 70.0 Å². The maximum atomic E-state index is 12.0. The van der Waals surface area contributed by atoms with Crippen LogP contribution >= 0.6 is 11.6 Å². The molecule has 2 atom stereocenters. The zero-order valence-corrected chi connectivity index (χ0v) is 20.4. The average Bonchev–Trinajstić information content (AvgIpc) is 3.20. The van der Waals surface area contributed by atoms with Crippen molar-refractivity contribution < 1.29 is 14.3 Å². The Balaban J connectivity index is 1.73. The summed E-state index contributed by atoms with van der Waals surface area (Å²) in [6, 6.07) is 13.4. The molecule has 7 nitrogen and oxygen atoms in total. The summed E-state index contributed by atoms with van der Waals surface area (Å²) in [5.41, 5.74) is 10.9. The monoisotopic (exact) mass is 480 g/mol. The molecule has 3 N–H and O–H groups in total. The highest BCUT2D eigenvalue weighted by atomic mass is 35.5. The van der Waals surface area contributed by atoms with E-state index in [4.69, 9.17) is 36.8 Å². The van der Waals surface area contributed by atoms with Crippen molar-refractivity contribution in [3.8, 4) is 17.0 Å². The first kappa shape index (κ1) is 24.0. The van der Waals surface area contributed by atoms with E-state index in [0.717, 1.165) is 33.8 Å². The molecule has 0 bridgehead atoms. The van der Waals surface area contributed by atoms with Crippen LogP contribution in [0.3, 0.4) is 0 Å². The molecule has 4 rings (SSSR count). The zero-order valence-electron chi connectivity index (χ0n) is 19.6. The minimum absolute atomic E-state index is 0.156. The molecule has 0 amide bonds. The number of hydrogen-bond acceptors (Lipinski definition) is 7. The van der Waals surface area contributed by atoms with E-state index in [1.165, 1.54) is 0 Å². The first-order valence-electron chi connectivity index (χ1n) is 11.5. The summed E-state index contributed by atoms with van der Waals surface area (Å²) in [5.74, 6) is 0.945. The molecule has 0 saturated heterocycles. The summed E-state index contributed by atoms with van der Waals surface area (Å²) >= 11 is 6.56. The smallest absolute Gasteiger partial charge is 0.320 e. The first-order chi connectivity index (χ1) is 16.5. The largest absolute Gasteiger partial charge is 0.497 e. The number of methoxy groups -OCH3 is 1. The number of ether oxygens (including phenoxy) is 2. The number of fused-ring (bicyclic) bond motifs is 1. The van der Waals surface area contributed by atoms with E-state index in [1.807, 2.05) is 38.1 Å². The Morgan fingerprint density at radius 2 is 1.91 bits per heavy atom. The topological polar surface area (TPSA) is 99.4 Å². The Morgan fingerprint density at radius 1 is 1.15 bits per heavy atom. The highest BCUT2D eigenvalue weighted by Crippen LogP contribution is 2.38. The number of nitrogens with one attached hydrogen (secondary N) is 1. The summed E-state index contributed by atoms with van der Waals surface area (Å²) in [5, 5.41) is 4.10. The Morgan fingerprint density at radius 3 is 2.59 bits per heavy atom. The summed E-state index contributed by atoms with van der Waals surface area (Å²) in [6.07, 6.45) is 1.59. The van der Waals surface area contributed by atoms with Crippen molar-refractivity contribution in [1.29, 1.82) is 0 Å². The van der Waals surface area contributed by atoms with Crippen molar-refractivity contribution in [2.75, 3.05) is 19.0 Å². The minimum Gasteiger partial charge on any atom is -0.497 e. The third-order valence-electron chi connectivity index (χ3n) is 6.07. The molecule has 0 saturated carbocycles. The van der Waals surface area contributed by atoms with Crippen LogP contribution < -0.4 is 15.8 Å². The van der Waals surface area contributed by atoms with Gasteiger partial charge >= 0.3 is 5.97 Å². The molecule has 2 aromatic carbocycles. The van der Waals surface area contributed by atoms with Crippen LogP contribution in [0.1, 0.15) is 42.4 Å². The van der Waals surface area contributed by atoms with Crippen molar-refractivity contribution in [2.24, 2.45) is 5.73 Å². The van der Waals surface area contributed by atoms with Gasteiger partial charge in [-0.05, 0) is 42.2 Å². The second-order valence-corrected chi connectivity index (χ2v) is 8.53. The fraction of sp³-hybridized carbons (Fsp3) is 0.346. The van der Waals surface area contributed by atoms with E-state index >= 15 is 0 Å². The third-order valence-corrected chi connectivity index (χ3v) is 6.38. The number of esters is 1. The fourth-order valence-corrected chi connectivity index (χ4v) is 4.61. The molecule has 34 heavy (non-hydrogen) atoms. The standard InChI is InChI=1S/C26H29ClN4O3/c1-4-20-24(18-11-10-16(33-3)13-19(18)27)29-21(5-2)26(30-20)31-25-17-9-7-6-8-15(17)12-22(25)34-23(32)14-28/h6-11,13,22,25H,4-5,12,14,28H2,1-3H3,(H,30,31). The number of rotatable bonds is 8. The van der Waals surface area contributed by atoms with Gasteiger partial charge in [0.2, 0.25) is 0 Å². The normalized spacial score (nSPS) is 16.7. The first-order valence-corrected chi connectivity index (χ1v) is 11.8. The predicted molar refractivity (Wildman–Crippen MR) is 133 cm³/mol. The average molecular weight is 481 g/mol. The third kappa shape index (κ3) is 4.72. The number of nitrogens with zero attached hydrogens (tertiary/aromatic N) is 2. The van der Waals surface area contributed by atoms with Gasteiger partial charge in [-0.25, -0.2) is 9.97 Å². The molecule has 1 heterocycles. The lowest BCUT2D eigenvalue weighted by Gasteiger charge is -2.24. The Kier molecular flexibility index (Phi) is 7.34. The molecular weight excluding hydrogens is 452 g/mol. The van der Waals surface area contributed by atoms with E-state index in [1.54, 1.807) is 13.2 Å². The number of aryl methyl sites for hydroxylation is 2. The number of carbonyl (C=O) groups is 1. The fourth-order valence-electron chi connectivity index (χ4n) is 4.35. The van der Waals surface area contributed by atoms with Gasteiger partial charge in [-0.15, -0.1) is 0 Å². The maximum Gasteiger partial charge on any atom is 0.320 e. The van der Waals surface area contributed by atoms with Crippen LogP contribution in [0.5, 0.6) is 5.75 Å². The Bertz CT molecular complexity index is 1200. The van der Waals surface area contributed by atoms with Gasteiger partial charge < -0.3 is 20.5 Å². The number of hydrogen-bond donors (Lipinski definition) is 2. The van der Waals surface area contributed by atoms with Crippen LogP contribution in [0.15, 0.2) is 42.5 Å². The maximum absolute atomic E-state index is 12.0. The van der Waals surface area contributed by atoms with Gasteiger partial charge in [0.15, 0.2) is 0 Å². The van der Waals surface area contributed by atoms with Gasteiger partial charge in [0, 0.05) is 12.0 Å². The SMILES string of the molecule is CCc1nc(-c2ccc(OC)cc2Cl)c(CC)nc1NC1c2ccccc2CC1OC(=O)CN. The number of halogens is 1. The highest BCUT2D eigenvalue weighted by Gasteiger charge is 2.36. The molecule has 2 unspecified atom stereocenters. The molecule has 3 aromatic rings. The quantitative estimate of drug-likeness (QED) is 0.457. The summed E-state index contributed by atoms with van der Waals surface area (Å²) in [6.45, 7) is 3.92. The molecule has 8 heteroatoms. The van der Waals surface area contributed by atoms with Crippen molar-refractivity contribution in [2.45, 2.75) is 45.3 Å². The predicted octanol–water partition coefficient (Wildman–Crippen LogP) is 4.51. The molecule has 1 aliphatic rings. The van der Waals surface area contributed by atoms with E-state index in [-0.39, 0.29) is 18.7 Å². The van der Waals surface area contributed by atoms with Crippen molar-refractivity contribution in [3.63, 3.8) is 0 Å². The lowest BCUT2D eigenvalue weighted by Crippen LogP contribution is -2.31. The summed E-state index contributed by atoms with van der Waals surface area (Å²) in [7, 11) is 1.61. The van der Waals surface area contributed by atoms with Gasteiger partial charge in [0.05, 0.1) is 41.8 Å². The molecule has 0 aliphatic heterocycles. The number of aromatic nitrogens is 2. The number of anilines is 1. The number of carbonyl (C=O) groups excluding carboxylic acids is 1. The summed E-state index contributed by atoms with van der Waals surface area (Å²) < 4.78 is 11.0. The molecule has 1 aromatic heterocycles. The van der Waals surface area contributed by atoms with Gasteiger partial charge in [-0.3, -0.25) is 4.79 Å². The number of benzene rings is 2. The molecule has 0 spiro atoms. The number of nitrogens with two attached hydrogens (primary N) is 1. The summed E-state index contributed by atoms with van der Waals surface area (Å²) in [4.78, 5) is 21.9. The van der Waals surface area contributed by atoms with Crippen LogP contribution in [-0.4, -0.2) is 35.7 Å². The Hall–Kier alpha value is -3.16. The molecular formula is C26H29ClN4O3. The lowest BCUT2D eigenvalue weighted by molar-refractivity contribution is -0.147. The second kappa shape index (κ2) is 10.4. The van der Waals surface area contributed by atoms with Crippen LogP contribution in [0, 0.1) is 0 Å². The van der Waals surface area contributed by atoms with Crippen molar-refractivity contribution in [1.82, 2.24) is 9.97 Å². The van der Waals surface area contributed by atoms with Gasteiger partial charge in [-0.2, -0.15) is 0 Å². The van der Waals surface area contributed by atoms with E-state index in [0.29, 0.717) is 35.9 Å². The molecule has 178 valence electrons. The van der Waals surface area contributed by atoms with Gasteiger partial charge in [0.25, 0.3) is 0 Å². The minimum atomic E-state index is -0.426. The van der Waals surface area contributed by atoms with Crippen LogP contribution in [-0.2, 0) is 28.8 Å².